The molecule has 3 N–H and O–H groups in total. The Balaban J connectivity index is 2.19. The first-order valence-electron chi connectivity index (χ1n) is 6.32. The van der Waals surface area contributed by atoms with Crippen LogP contribution in [0.15, 0.2) is 18.7 Å². The van der Waals surface area contributed by atoms with Gasteiger partial charge in [0.25, 0.3) is 0 Å². The lowest BCUT2D eigenvalue weighted by Crippen LogP contribution is -2.48. The van der Waals surface area contributed by atoms with Crippen molar-refractivity contribution in [2.75, 3.05) is 33.7 Å². The Bertz CT molecular complexity index is 357. The summed E-state index contributed by atoms with van der Waals surface area (Å²) in [5.74, 6) is 5.74. The van der Waals surface area contributed by atoms with Crippen molar-refractivity contribution in [3.63, 3.8) is 0 Å². The molecule has 18 heavy (non-hydrogen) atoms. The van der Waals surface area contributed by atoms with Crippen molar-refractivity contribution in [2.45, 2.75) is 18.5 Å². The summed E-state index contributed by atoms with van der Waals surface area (Å²) in [6.07, 6.45) is 6.39. The fraction of sp³-hybridized carbons (Fsp3) is 0.667. The molecule has 1 saturated heterocycles. The molecule has 2 rings (SSSR count). The van der Waals surface area contributed by atoms with E-state index in [0.717, 1.165) is 25.2 Å². The number of aromatic nitrogens is 2. The van der Waals surface area contributed by atoms with Crippen LogP contribution in [0.3, 0.4) is 0 Å². The Morgan fingerprint density at radius 3 is 2.72 bits per heavy atom. The third-order valence-electron chi connectivity index (χ3n) is 3.62. The van der Waals surface area contributed by atoms with Gasteiger partial charge in [-0.25, -0.2) is 9.97 Å². The Morgan fingerprint density at radius 2 is 2.06 bits per heavy atom. The zero-order chi connectivity index (χ0) is 13.0. The normalized spacial score (nSPS) is 24.7. The van der Waals surface area contributed by atoms with E-state index in [0.29, 0.717) is 6.04 Å². The number of nitrogens with zero attached hydrogens (tertiary/aromatic N) is 4. The van der Waals surface area contributed by atoms with Gasteiger partial charge in [0.15, 0.2) is 0 Å². The number of hydrogen-bond acceptors (Lipinski definition) is 6. The Labute approximate surface area is 108 Å². The predicted molar refractivity (Wildman–Crippen MR) is 70.6 cm³/mol. The minimum atomic E-state index is 0.0525. The highest BCUT2D eigenvalue weighted by Crippen LogP contribution is 2.21. The maximum absolute atomic E-state index is 5.74. The van der Waals surface area contributed by atoms with Crippen molar-refractivity contribution < 1.29 is 0 Å². The monoisotopic (exact) mass is 250 g/mol. The highest BCUT2D eigenvalue weighted by molar-refractivity contribution is 5.12. The molecule has 0 amide bonds. The molecule has 0 bridgehead atoms. The van der Waals surface area contributed by atoms with E-state index in [9.17, 15) is 0 Å². The van der Waals surface area contributed by atoms with Gasteiger partial charge < -0.3 is 9.80 Å². The maximum Gasteiger partial charge on any atom is 0.115 e. The summed E-state index contributed by atoms with van der Waals surface area (Å²) in [7, 11) is 4.30. The molecule has 2 heterocycles. The maximum atomic E-state index is 5.74. The lowest BCUT2D eigenvalue weighted by molar-refractivity contribution is 0.178. The van der Waals surface area contributed by atoms with Crippen LogP contribution in [-0.4, -0.2) is 59.5 Å². The number of rotatable bonds is 3. The van der Waals surface area contributed by atoms with Crippen LogP contribution in [0.1, 0.15) is 18.0 Å². The number of nitrogens with two attached hydrogens (primary N) is 1. The fourth-order valence-corrected chi connectivity index (χ4v) is 2.57. The number of nitrogens with one attached hydrogen (secondary N) is 1. The summed E-state index contributed by atoms with van der Waals surface area (Å²) in [6, 6.07) is 0.380. The van der Waals surface area contributed by atoms with Crippen molar-refractivity contribution in [1.82, 2.24) is 25.2 Å². The number of hydrogen-bond donors (Lipinski definition) is 2. The lowest BCUT2D eigenvalue weighted by Gasteiger charge is -2.34. The minimum Gasteiger partial charge on any atom is -0.305 e. The third kappa shape index (κ3) is 3.02. The van der Waals surface area contributed by atoms with Crippen molar-refractivity contribution in [3.05, 3.63) is 24.3 Å². The fourth-order valence-electron chi connectivity index (χ4n) is 2.57. The largest absolute Gasteiger partial charge is 0.305 e. The molecule has 1 aliphatic heterocycles. The molecule has 0 aromatic carbocycles. The van der Waals surface area contributed by atoms with E-state index in [1.807, 2.05) is 12.4 Å². The molecule has 6 heteroatoms. The molecule has 100 valence electrons. The highest BCUT2D eigenvalue weighted by atomic mass is 15.3. The quantitative estimate of drug-likeness (QED) is 0.563. The van der Waals surface area contributed by atoms with Gasteiger partial charge in [-0.1, -0.05) is 0 Å². The van der Waals surface area contributed by atoms with E-state index in [4.69, 9.17) is 5.84 Å². The van der Waals surface area contributed by atoms with Crippen molar-refractivity contribution >= 4 is 0 Å². The first-order chi connectivity index (χ1) is 8.72. The Morgan fingerprint density at radius 1 is 1.33 bits per heavy atom. The van der Waals surface area contributed by atoms with Gasteiger partial charge in [0.05, 0.1) is 6.04 Å². The Hall–Kier alpha value is -1.08. The summed E-state index contributed by atoms with van der Waals surface area (Å²) in [4.78, 5) is 12.9. The molecule has 2 unspecified atom stereocenters. The van der Waals surface area contributed by atoms with Crippen molar-refractivity contribution in [3.8, 4) is 0 Å². The molecule has 2 atom stereocenters. The third-order valence-corrected chi connectivity index (χ3v) is 3.62. The van der Waals surface area contributed by atoms with E-state index in [1.165, 1.54) is 6.42 Å². The van der Waals surface area contributed by atoms with Crippen LogP contribution >= 0.6 is 0 Å². The van der Waals surface area contributed by atoms with Crippen LogP contribution in [0, 0.1) is 0 Å². The molecule has 1 aromatic heterocycles. The highest BCUT2D eigenvalue weighted by Gasteiger charge is 2.29. The van der Waals surface area contributed by atoms with Gasteiger partial charge in [0.1, 0.15) is 6.33 Å². The van der Waals surface area contributed by atoms with Gasteiger partial charge >= 0.3 is 0 Å². The van der Waals surface area contributed by atoms with Crippen LogP contribution in [0.5, 0.6) is 0 Å². The van der Waals surface area contributed by atoms with Gasteiger partial charge in [-0.15, -0.1) is 0 Å². The molecule has 6 nitrogen and oxygen atoms in total. The van der Waals surface area contributed by atoms with E-state index < -0.39 is 0 Å². The smallest absolute Gasteiger partial charge is 0.115 e. The Kier molecular flexibility index (Phi) is 4.60. The van der Waals surface area contributed by atoms with Crippen LogP contribution in [0.25, 0.3) is 0 Å². The van der Waals surface area contributed by atoms with Gasteiger partial charge in [-0.05, 0) is 33.6 Å². The summed E-state index contributed by atoms with van der Waals surface area (Å²) in [6.45, 7) is 3.20. The zero-order valence-corrected chi connectivity index (χ0v) is 11.1. The second-order valence-electron chi connectivity index (χ2n) is 4.98. The molecule has 0 aliphatic carbocycles. The molecule has 1 aromatic rings. The van der Waals surface area contributed by atoms with E-state index in [2.05, 4.69) is 39.3 Å². The summed E-state index contributed by atoms with van der Waals surface area (Å²) >= 11 is 0. The first-order valence-corrected chi connectivity index (χ1v) is 6.32. The van der Waals surface area contributed by atoms with Gasteiger partial charge in [-0.3, -0.25) is 11.3 Å². The summed E-state index contributed by atoms with van der Waals surface area (Å²) in [5.41, 5.74) is 3.95. The first kappa shape index (κ1) is 13.4. The van der Waals surface area contributed by atoms with Crippen LogP contribution in [0.4, 0.5) is 0 Å². The average molecular weight is 250 g/mol. The summed E-state index contributed by atoms with van der Waals surface area (Å²) < 4.78 is 0. The van der Waals surface area contributed by atoms with E-state index in [-0.39, 0.29) is 6.04 Å². The van der Waals surface area contributed by atoms with Gasteiger partial charge in [0, 0.05) is 30.5 Å². The SMILES string of the molecule is CN1CCCN(C)C(C(NN)c2cncnc2)C1. The molecule has 1 fully saturated rings. The molecule has 0 saturated carbocycles. The molecule has 0 spiro atoms. The topological polar surface area (TPSA) is 70.3 Å². The second-order valence-corrected chi connectivity index (χ2v) is 4.98. The van der Waals surface area contributed by atoms with Gasteiger partial charge in [0.2, 0.25) is 0 Å². The van der Waals surface area contributed by atoms with Crippen LogP contribution in [-0.2, 0) is 0 Å². The molecular weight excluding hydrogens is 228 g/mol. The van der Waals surface area contributed by atoms with Crippen LogP contribution in [0.2, 0.25) is 0 Å². The minimum absolute atomic E-state index is 0.0525. The molecular formula is C12H22N6. The number of likely N-dealkylation sites (N-methyl/N-ethyl adjacent to an activating group) is 2. The van der Waals surface area contributed by atoms with E-state index >= 15 is 0 Å². The average Bonchev–Trinajstić information content (AvgIpc) is 2.54. The van der Waals surface area contributed by atoms with E-state index in [1.54, 1.807) is 6.33 Å². The van der Waals surface area contributed by atoms with Crippen molar-refractivity contribution in [2.24, 2.45) is 5.84 Å². The second kappa shape index (κ2) is 6.19. The predicted octanol–water partition coefficient (Wildman–Crippen LogP) is -0.383. The standard InChI is InChI=1S/C12H22N6/c1-17-4-3-5-18(2)11(8-17)12(16-13)10-6-14-9-15-7-10/h6-7,9,11-12,16H,3-5,8,13H2,1-2H3. The van der Waals surface area contributed by atoms with Crippen molar-refractivity contribution in [1.29, 1.82) is 0 Å². The zero-order valence-electron chi connectivity index (χ0n) is 11.1. The van der Waals surface area contributed by atoms with Crippen LogP contribution < -0.4 is 11.3 Å². The van der Waals surface area contributed by atoms with Gasteiger partial charge in [-0.2, -0.15) is 0 Å². The lowest BCUT2D eigenvalue weighted by atomic mass is 10.0. The molecule has 1 aliphatic rings. The molecule has 0 radical (unpaired) electrons. The number of hydrazine groups is 1. The summed E-state index contributed by atoms with van der Waals surface area (Å²) in [5, 5.41) is 0.